The fourth-order valence-corrected chi connectivity index (χ4v) is 10.3. The summed E-state index contributed by atoms with van der Waals surface area (Å²) in [6.45, 7) is 0. The van der Waals surface area contributed by atoms with Gasteiger partial charge < -0.3 is 0 Å². The smallest absolute Gasteiger partial charge is 0.00139 e. The first kappa shape index (κ1) is 39.0. The Bertz CT molecular complexity index is 3750. The van der Waals surface area contributed by atoms with Crippen molar-refractivity contribution in [1.29, 1.82) is 0 Å². The van der Waals surface area contributed by atoms with E-state index in [9.17, 15) is 0 Å². The van der Waals surface area contributed by atoms with Crippen molar-refractivity contribution in [3.8, 4) is 66.8 Å². The molecule has 12 aromatic carbocycles. The Hall–Kier alpha value is -8.58. The van der Waals surface area contributed by atoms with Crippen LogP contribution in [0.2, 0.25) is 0 Å². The number of fused-ring (bicyclic) bond motifs is 4. The van der Waals surface area contributed by atoms with E-state index in [1.807, 2.05) is 0 Å². The molecule has 12 rings (SSSR count). The van der Waals surface area contributed by atoms with Gasteiger partial charge in [-0.3, -0.25) is 0 Å². The van der Waals surface area contributed by atoms with E-state index in [1.165, 1.54) is 115 Å². The zero-order valence-corrected chi connectivity index (χ0v) is 36.4. The van der Waals surface area contributed by atoms with E-state index >= 15 is 0 Å². The third-order valence-electron chi connectivity index (χ3n) is 13.3. The standard InChI is InChI=1S/C66H44/c1-5-21-48(22-6-1)62-55-30-15-16-31-56(55)64(50-25-9-3-10-26-50)61-44-52(42-43-59(61)62)46-39-36-45(37-40-46)38-41-47-20-13-14-29-53(47)54-34-19-35-60-63(49-23-7-2-8-24-49)57-32-17-18-33-58(57)65(66(54)60)51-27-11-4-12-28-51/h1-44H. The summed E-state index contributed by atoms with van der Waals surface area (Å²) in [5.74, 6) is 0. The lowest BCUT2D eigenvalue weighted by Gasteiger charge is -2.21. The highest BCUT2D eigenvalue weighted by Gasteiger charge is 2.21. The Balaban J connectivity index is 0.964. The van der Waals surface area contributed by atoms with Gasteiger partial charge in [-0.25, -0.2) is 0 Å². The van der Waals surface area contributed by atoms with Crippen LogP contribution in [0.25, 0.3) is 122 Å². The SMILES string of the molecule is C(=Cc1ccccc1-c1cccc2c(-c3ccccc3)c3ccccc3c(-c3ccccc3)c12)c1ccc(-c2ccc3c(-c4ccccc4)c4ccccc4c(-c4ccccc4)c3c2)cc1. The first-order chi connectivity index (χ1) is 32.8. The van der Waals surface area contributed by atoms with Gasteiger partial charge in [-0.1, -0.05) is 261 Å². The Morgan fingerprint density at radius 1 is 0.212 bits per heavy atom. The third kappa shape index (κ3) is 6.88. The maximum Gasteiger partial charge on any atom is -0.00139 e. The monoisotopic (exact) mass is 836 g/mol. The minimum absolute atomic E-state index is 1.15. The summed E-state index contributed by atoms with van der Waals surface area (Å²) in [4.78, 5) is 0. The first-order valence-electron chi connectivity index (χ1n) is 22.8. The van der Waals surface area contributed by atoms with Crippen molar-refractivity contribution < 1.29 is 0 Å². The van der Waals surface area contributed by atoms with Crippen LogP contribution in [0.1, 0.15) is 11.1 Å². The maximum atomic E-state index is 2.40. The molecule has 0 spiro atoms. The molecular weight excluding hydrogens is 793 g/mol. The van der Waals surface area contributed by atoms with E-state index in [1.54, 1.807) is 0 Å². The van der Waals surface area contributed by atoms with Crippen LogP contribution >= 0.6 is 0 Å². The lowest BCUT2D eigenvalue weighted by atomic mass is 9.82. The molecule has 66 heavy (non-hydrogen) atoms. The van der Waals surface area contributed by atoms with Gasteiger partial charge in [0.25, 0.3) is 0 Å². The largest absolute Gasteiger partial charge is 0.0622 e. The van der Waals surface area contributed by atoms with Crippen molar-refractivity contribution in [2.45, 2.75) is 0 Å². The number of benzene rings is 12. The maximum absolute atomic E-state index is 2.40. The van der Waals surface area contributed by atoms with E-state index in [4.69, 9.17) is 0 Å². The minimum Gasteiger partial charge on any atom is -0.0622 e. The van der Waals surface area contributed by atoms with Crippen LogP contribution in [0.4, 0.5) is 0 Å². The highest BCUT2D eigenvalue weighted by molar-refractivity contribution is 6.25. The molecular formula is C66H44. The molecule has 0 aliphatic carbocycles. The molecule has 0 fully saturated rings. The summed E-state index contributed by atoms with van der Waals surface area (Å²) in [6, 6.07) is 93.0. The molecule has 0 unspecified atom stereocenters. The van der Waals surface area contributed by atoms with Gasteiger partial charge in [-0.2, -0.15) is 0 Å². The van der Waals surface area contributed by atoms with E-state index in [0.29, 0.717) is 0 Å². The second-order valence-electron chi connectivity index (χ2n) is 17.1. The van der Waals surface area contributed by atoms with Gasteiger partial charge in [0.05, 0.1) is 0 Å². The van der Waals surface area contributed by atoms with E-state index in [-0.39, 0.29) is 0 Å². The van der Waals surface area contributed by atoms with Crippen molar-refractivity contribution in [2.75, 3.05) is 0 Å². The van der Waals surface area contributed by atoms with Crippen LogP contribution in [0.5, 0.6) is 0 Å². The number of rotatable bonds is 8. The Kier molecular flexibility index (Phi) is 9.97. The van der Waals surface area contributed by atoms with Crippen LogP contribution in [0.15, 0.2) is 255 Å². The van der Waals surface area contributed by atoms with Crippen LogP contribution in [-0.2, 0) is 0 Å². The van der Waals surface area contributed by atoms with Crippen molar-refractivity contribution in [3.05, 3.63) is 266 Å². The van der Waals surface area contributed by atoms with Gasteiger partial charge in [0.15, 0.2) is 0 Å². The van der Waals surface area contributed by atoms with Crippen molar-refractivity contribution in [3.63, 3.8) is 0 Å². The molecule has 308 valence electrons. The average molecular weight is 837 g/mol. The van der Waals surface area contributed by atoms with Gasteiger partial charge in [0.2, 0.25) is 0 Å². The molecule has 0 aromatic heterocycles. The van der Waals surface area contributed by atoms with Crippen molar-refractivity contribution >= 4 is 55.2 Å². The summed E-state index contributed by atoms with van der Waals surface area (Å²) in [5.41, 5.74) is 17.1. The zero-order valence-electron chi connectivity index (χ0n) is 36.4. The quantitative estimate of drug-likeness (QED) is 0.106. The van der Waals surface area contributed by atoms with Gasteiger partial charge in [-0.05, 0) is 127 Å². The highest BCUT2D eigenvalue weighted by atomic mass is 14.2. The van der Waals surface area contributed by atoms with Crippen LogP contribution in [0.3, 0.4) is 0 Å². The van der Waals surface area contributed by atoms with Gasteiger partial charge in [0, 0.05) is 0 Å². The zero-order chi connectivity index (χ0) is 43.8. The normalized spacial score (nSPS) is 11.6. The predicted molar refractivity (Wildman–Crippen MR) is 284 cm³/mol. The van der Waals surface area contributed by atoms with Crippen LogP contribution in [-0.4, -0.2) is 0 Å². The number of hydrogen-bond donors (Lipinski definition) is 0. The summed E-state index contributed by atoms with van der Waals surface area (Å²) >= 11 is 0. The molecule has 0 saturated carbocycles. The van der Waals surface area contributed by atoms with E-state index in [0.717, 1.165) is 5.56 Å². The number of hydrogen-bond acceptors (Lipinski definition) is 0. The van der Waals surface area contributed by atoms with Gasteiger partial charge in [-0.15, -0.1) is 0 Å². The van der Waals surface area contributed by atoms with E-state index < -0.39 is 0 Å². The fraction of sp³-hybridized carbons (Fsp3) is 0. The Labute approximate surface area is 386 Å². The second-order valence-corrected chi connectivity index (χ2v) is 17.1. The molecule has 0 heterocycles. The lowest BCUT2D eigenvalue weighted by Crippen LogP contribution is -1.94. The molecule has 0 atom stereocenters. The lowest BCUT2D eigenvalue weighted by molar-refractivity contribution is 1.60. The van der Waals surface area contributed by atoms with Crippen LogP contribution in [0, 0.1) is 0 Å². The Morgan fingerprint density at radius 2 is 0.606 bits per heavy atom. The molecule has 0 aliphatic heterocycles. The summed E-state index contributed by atoms with van der Waals surface area (Å²) < 4.78 is 0. The topological polar surface area (TPSA) is 0 Å². The molecule has 0 aliphatic rings. The molecule has 0 radical (unpaired) electrons. The molecule has 0 saturated heterocycles. The van der Waals surface area contributed by atoms with Crippen molar-refractivity contribution in [2.24, 2.45) is 0 Å². The summed E-state index contributed by atoms with van der Waals surface area (Å²) in [7, 11) is 0. The average Bonchev–Trinajstić information content (AvgIpc) is 3.39. The first-order valence-corrected chi connectivity index (χ1v) is 22.8. The fourth-order valence-electron chi connectivity index (χ4n) is 10.3. The predicted octanol–water partition coefficient (Wildman–Crippen LogP) is 18.5. The van der Waals surface area contributed by atoms with Crippen LogP contribution < -0.4 is 0 Å². The molecule has 12 aromatic rings. The third-order valence-corrected chi connectivity index (χ3v) is 13.3. The second kappa shape index (κ2) is 16.8. The molecule has 0 nitrogen and oxygen atoms in total. The molecule has 0 N–H and O–H groups in total. The van der Waals surface area contributed by atoms with Gasteiger partial charge >= 0.3 is 0 Å². The molecule has 0 amide bonds. The van der Waals surface area contributed by atoms with Crippen molar-refractivity contribution in [1.82, 2.24) is 0 Å². The van der Waals surface area contributed by atoms with Gasteiger partial charge in [0.1, 0.15) is 0 Å². The summed E-state index contributed by atoms with van der Waals surface area (Å²) in [6.07, 6.45) is 4.53. The Morgan fingerprint density at radius 3 is 1.17 bits per heavy atom. The van der Waals surface area contributed by atoms with E-state index in [2.05, 4.69) is 267 Å². The molecule has 0 bridgehead atoms. The highest BCUT2D eigenvalue weighted by Crippen LogP contribution is 2.48. The minimum atomic E-state index is 1.15. The summed E-state index contributed by atoms with van der Waals surface area (Å²) in [5, 5.41) is 10.1. The molecule has 0 heteroatoms.